The number of rotatable bonds is 3. The summed E-state index contributed by atoms with van der Waals surface area (Å²) >= 11 is 0. The summed E-state index contributed by atoms with van der Waals surface area (Å²) in [6.07, 6.45) is 7.77. The first-order valence-electron chi connectivity index (χ1n) is 8.59. The van der Waals surface area contributed by atoms with Gasteiger partial charge in [0.05, 0.1) is 11.8 Å². The molecule has 2 bridgehead atoms. The zero-order valence-corrected chi connectivity index (χ0v) is 13.5. The van der Waals surface area contributed by atoms with Gasteiger partial charge in [-0.15, -0.1) is 0 Å². The maximum Gasteiger partial charge on any atom is 0.307 e. The lowest BCUT2D eigenvalue weighted by molar-refractivity contribution is -0.150. The fraction of sp³-hybridized carbons (Fsp3) is 0.400. The SMILES string of the molecule is O=C(O)[C@@H]1[C@@H](C(=O)N2CC=C(c3ccccc3)CC2)[C@@H]2C=C[C@@H]1C2. The Morgan fingerprint density at radius 3 is 2.38 bits per heavy atom. The zero-order valence-electron chi connectivity index (χ0n) is 13.5. The Kier molecular flexibility index (Phi) is 3.75. The second-order valence-corrected chi connectivity index (χ2v) is 6.97. The van der Waals surface area contributed by atoms with Gasteiger partial charge in [-0.05, 0) is 35.8 Å². The summed E-state index contributed by atoms with van der Waals surface area (Å²) in [5, 5.41) is 9.53. The predicted molar refractivity (Wildman–Crippen MR) is 91.0 cm³/mol. The van der Waals surface area contributed by atoms with E-state index >= 15 is 0 Å². The van der Waals surface area contributed by atoms with Crippen LogP contribution < -0.4 is 0 Å². The van der Waals surface area contributed by atoms with Crippen molar-refractivity contribution in [1.29, 1.82) is 0 Å². The van der Waals surface area contributed by atoms with E-state index in [1.54, 1.807) is 0 Å². The van der Waals surface area contributed by atoms with Crippen LogP contribution in [-0.2, 0) is 9.59 Å². The van der Waals surface area contributed by atoms with Crippen LogP contribution in [-0.4, -0.2) is 35.0 Å². The van der Waals surface area contributed by atoms with Gasteiger partial charge in [0, 0.05) is 13.1 Å². The summed E-state index contributed by atoms with van der Waals surface area (Å²) < 4.78 is 0. The van der Waals surface area contributed by atoms with Crippen LogP contribution in [0.15, 0.2) is 48.6 Å². The summed E-state index contributed by atoms with van der Waals surface area (Å²) in [7, 11) is 0. The quantitative estimate of drug-likeness (QED) is 0.870. The number of fused-ring (bicyclic) bond motifs is 2. The summed E-state index contributed by atoms with van der Waals surface area (Å²) in [5.74, 6) is -1.62. The van der Waals surface area contributed by atoms with Crippen molar-refractivity contribution in [2.24, 2.45) is 23.7 Å². The molecular formula is C20H21NO3. The molecule has 124 valence electrons. The van der Waals surface area contributed by atoms with Gasteiger partial charge in [0.15, 0.2) is 0 Å². The van der Waals surface area contributed by atoms with E-state index in [2.05, 4.69) is 18.2 Å². The number of benzene rings is 1. The van der Waals surface area contributed by atoms with Gasteiger partial charge in [-0.25, -0.2) is 0 Å². The largest absolute Gasteiger partial charge is 0.481 e. The number of carboxylic acids is 1. The Labute approximate surface area is 141 Å². The number of allylic oxidation sites excluding steroid dienone is 2. The number of carbonyl (C=O) groups excluding carboxylic acids is 1. The standard InChI is InChI=1S/C20H21NO3/c22-19(17-15-6-7-16(12-15)18(17)20(23)24)21-10-8-14(9-11-21)13-4-2-1-3-5-13/h1-8,15-18H,9-12H2,(H,23,24)/t15-,16-,17+,18+/m1/s1. The number of carbonyl (C=O) groups is 2. The minimum Gasteiger partial charge on any atom is -0.481 e. The molecule has 1 N–H and O–H groups in total. The molecule has 3 aliphatic rings. The van der Waals surface area contributed by atoms with Crippen LogP contribution in [0, 0.1) is 23.7 Å². The predicted octanol–water partition coefficient (Wildman–Crippen LogP) is 2.83. The lowest BCUT2D eigenvalue weighted by Crippen LogP contribution is -2.44. The average molecular weight is 323 g/mol. The van der Waals surface area contributed by atoms with Crippen LogP contribution in [0.25, 0.3) is 5.57 Å². The number of amides is 1. The molecule has 4 nitrogen and oxygen atoms in total. The van der Waals surface area contributed by atoms with Crippen molar-refractivity contribution >= 4 is 17.4 Å². The highest BCUT2D eigenvalue weighted by atomic mass is 16.4. The Balaban J connectivity index is 1.50. The van der Waals surface area contributed by atoms with Crippen molar-refractivity contribution in [1.82, 2.24) is 4.90 Å². The maximum atomic E-state index is 12.9. The van der Waals surface area contributed by atoms with E-state index in [1.165, 1.54) is 11.1 Å². The number of aliphatic carboxylic acids is 1. The van der Waals surface area contributed by atoms with Crippen LogP contribution in [0.5, 0.6) is 0 Å². The average Bonchev–Trinajstić information content (AvgIpc) is 3.23. The number of hydrogen-bond acceptors (Lipinski definition) is 2. The molecule has 0 saturated heterocycles. The van der Waals surface area contributed by atoms with Gasteiger partial charge in [-0.2, -0.15) is 0 Å². The topological polar surface area (TPSA) is 57.6 Å². The van der Waals surface area contributed by atoms with Gasteiger partial charge in [-0.1, -0.05) is 48.6 Å². The third kappa shape index (κ3) is 2.46. The summed E-state index contributed by atoms with van der Waals surface area (Å²) in [5.41, 5.74) is 2.47. The van der Waals surface area contributed by atoms with Crippen molar-refractivity contribution in [3.63, 3.8) is 0 Å². The van der Waals surface area contributed by atoms with Crippen molar-refractivity contribution in [3.05, 3.63) is 54.1 Å². The Morgan fingerprint density at radius 1 is 1.04 bits per heavy atom. The second kappa shape index (κ2) is 5.93. The smallest absolute Gasteiger partial charge is 0.307 e. The van der Waals surface area contributed by atoms with Crippen molar-refractivity contribution in [2.75, 3.05) is 13.1 Å². The molecule has 1 heterocycles. The summed E-state index contributed by atoms with van der Waals surface area (Å²) in [6, 6.07) is 10.2. The van der Waals surface area contributed by atoms with E-state index < -0.39 is 11.9 Å². The fourth-order valence-corrected chi connectivity index (χ4v) is 4.49. The van der Waals surface area contributed by atoms with E-state index in [0.717, 1.165) is 12.8 Å². The van der Waals surface area contributed by atoms with E-state index in [0.29, 0.717) is 13.1 Å². The van der Waals surface area contributed by atoms with Crippen molar-refractivity contribution in [2.45, 2.75) is 12.8 Å². The van der Waals surface area contributed by atoms with Gasteiger partial charge < -0.3 is 10.0 Å². The molecule has 1 saturated carbocycles. The monoisotopic (exact) mass is 323 g/mol. The zero-order chi connectivity index (χ0) is 16.7. The number of carboxylic acid groups (broad SMARTS) is 1. The molecule has 1 aromatic rings. The van der Waals surface area contributed by atoms with Crippen molar-refractivity contribution in [3.8, 4) is 0 Å². The molecule has 24 heavy (non-hydrogen) atoms. The van der Waals surface area contributed by atoms with E-state index in [4.69, 9.17) is 0 Å². The Hall–Kier alpha value is -2.36. The normalized spacial score (nSPS) is 31.2. The molecular weight excluding hydrogens is 302 g/mol. The molecule has 0 unspecified atom stereocenters. The molecule has 1 fully saturated rings. The first-order valence-corrected chi connectivity index (χ1v) is 8.59. The molecule has 4 rings (SSSR count). The Morgan fingerprint density at radius 2 is 1.75 bits per heavy atom. The minimum absolute atomic E-state index is 0.0163. The van der Waals surface area contributed by atoms with E-state index in [1.807, 2.05) is 35.3 Å². The molecule has 0 aromatic heterocycles. The third-order valence-corrected chi connectivity index (χ3v) is 5.69. The van der Waals surface area contributed by atoms with Crippen LogP contribution in [0.4, 0.5) is 0 Å². The van der Waals surface area contributed by atoms with Crippen LogP contribution in [0.1, 0.15) is 18.4 Å². The highest BCUT2D eigenvalue weighted by Crippen LogP contribution is 2.49. The van der Waals surface area contributed by atoms with E-state index in [-0.39, 0.29) is 23.7 Å². The molecule has 4 heteroatoms. The second-order valence-electron chi connectivity index (χ2n) is 6.97. The molecule has 1 amide bonds. The van der Waals surface area contributed by atoms with Crippen molar-refractivity contribution < 1.29 is 14.7 Å². The highest BCUT2D eigenvalue weighted by molar-refractivity contribution is 5.87. The Bertz CT molecular complexity index is 722. The van der Waals surface area contributed by atoms with Crippen LogP contribution >= 0.6 is 0 Å². The molecule has 2 aliphatic carbocycles. The third-order valence-electron chi connectivity index (χ3n) is 5.69. The molecule has 1 aromatic carbocycles. The van der Waals surface area contributed by atoms with Gasteiger partial charge in [-0.3, -0.25) is 9.59 Å². The summed E-state index contributed by atoms with van der Waals surface area (Å²) in [6.45, 7) is 1.25. The van der Waals surface area contributed by atoms with Crippen LogP contribution in [0.3, 0.4) is 0 Å². The highest BCUT2D eigenvalue weighted by Gasteiger charge is 2.52. The van der Waals surface area contributed by atoms with Gasteiger partial charge >= 0.3 is 5.97 Å². The first-order chi connectivity index (χ1) is 11.6. The molecule has 0 spiro atoms. The number of hydrogen-bond donors (Lipinski definition) is 1. The lowest BCUT2D eigenvalue weighted by atomic mass is 9.82. The molecule has 1 aliphatic heterocycles. The van der Waals surface area contributed by atoms with Gasteiger partial charge in [0.1, 0.15) is 0 Å². The van der Waals surface area contributed by atoms with Gasteiger partial charge in [0.25, 0.3) is 0 Å². The summed E-state index contributed by atoms with van der Waals surface area (Å²) in [4.78, 5) is 26.4. The first kappa shape index (κ1) is 15.2. The number of nitrogens with zero attached hydrogens (tertiary/aromatic N) is 1. The molecule has 0 radical (unpaired) electrons. The van der Waals surface area contributed by atoms with Gasteiger partial charge in [0.2, 0.25) is 5.91 Å². The van der Waals surface area contributed by atoms with E-state index in [9.17, 15) is 14.7 Å². The van der Waals surface area contributed by atoms with Crippen LogP contribution in [0.2, 0.25) is 0 Å². The molecule has 4 atom stereocenters. The lowest BCUT2D eigenvalue weighted by Gasteiger charge is -2.33. The fourth-order valence-electron chi connectivity index (χ4n) is 4.49. The minimum atomic E-state index is -0.831. The maximum absolute atomic E-state index is 12.9.